The van der Waals surface area contributed by atoms with E-state index in [1.165, 1.54) is 38.6 Å². The van der Waals surface area contributed by atoms with E-state index < -0.39 is 0 Å². The lowest BCUT2D eigenvalue weighted by Crippen LogP contribution is -2.00. The van der Waals surface area contributed by atoms with Crippen molar-refractivity contribution in [1.82, 2.24) is 19.9 Å². The molecule has 9 aromatic rings. The fourth-order valence-corrected chi connectivity index (χ4v) is 7.35. The maximum absolute atomic E-state index is 5.02. The number of pyridine rings is 1. The highest BCUT2D eigenvalue weighted by molar-refractivity contribution is 6.18. The Morgan fingerprint density at radius 2 is 0.780 bits per heavy atom. The van der Waals surface area contributed by atoms with E-state index in [4.69, 9.17) is 15.0 Å². The van der Waals surface area contributed by atoms with E-state index in [1.807, 2.05) is 42.6 Å². The number of fused-ring (bicyclic) bond motifs is 4. The molecule has 4 heteroatoms. The number of nitrogens with zero attached hydrogens (tertiary/aromatic N) is 4. The van der Waals surface area contributed by atoms with Crippen LogP contribution in [-0.4, -0.2) is 19.9 Å². The highest BCUT2D eigenvalue weighted by Gasteiger charge is 2.22. The molecule has 2 heterocycles. The molecule has 0 amide bonds. The molecule has 232 valence electrons. The van der Waals surface area contributed by atoms with Crippen LogP contribution in [-0.2, 0) is 0 Å². The average molecular weight is 637 g/mol. The second kappa shape index (κ2) is 11.4. The molecule has 1 aliphatic rings. The normalized spacial score (nSPS) is 11.6. The summed E-state index contributed by atoms with van der Waals surface area (Å²) in [6.07, 6.45) is 1.84. The van der Waals surface area contributed by atoms with Crippen molar-refractivity contribution in [1.29, 1.82) is 0 Å². The monoisotopic (exact) mass is 636 g/mol. The van der Waals surface area contributed by atoms with Crippen LogP contribution in [0.3, 0.4) is 0 Å². The van der Waals surface area contributed by atoms with Crippen LogP contribution in [0.1, 0.15) is 0 Å². The van der Waals surface area contributed by atoms with Crippen molar-refractivity contribution in [2.75, 3.05) is 0 Å². The average Bonchev–Trinajstić information content (AvgIpc) is 3.53. The van der Waals surface area contributed by atoms with Crippen LogP contribution in [0.4, 0.5) is 0 Å². The van der Waals surface area contributed by atoms with E-state index in [9.17, 15) is 0 Å². The molecule has 0 spiro atoms. The smallest absolute Gasteiger partial charge is 0.164 e. The highest BCUT2D eigenvalue weighted by atomic mass is 15.0. The summed E-state index contributed by atoms with van der Waals surface area (Å²) >= 11 is 0. The van der Waals surface area contributed by atoms with Gasteiger partial charge in [0.05, 0.1) is 5.52 Å². The number of rotatable bonds is 5. The van der Waals surface area contributed by atoms with Gasteiger partial charge in [-0.1, -0.05) is 158 Å². The molecule has 0 aliphatic heterocycles. The van der Waals surface area contributed by atoms with Crippen LogP contribution >= 0.6 is 0 Å². The predicted octanol–water partition coefficient (Wildman–Crippen LogP) is 11.6. The summed E-state index contributed by atoms with van der Waals surface area (Å²) in [5.74, 6) is 1.91. The Balaban J connectivity index is 1.04. The van der Waals surface area contributed by atoms with E-state index in [0.29, 0.717) is 17.5 Å². The second-order valence-electron chi connectivity index (χ2n) is 12.6. The summed E-state index contributed by atoms with van der Waals surface area (Å²) in [6, 6.07) is 57.3. The molecule has 1 aliphatic carbocycles. The number of hydrogen-bond donors (Lipinski definition) is 0. The zero-order chi connectivity index (χ0) is 33.0. The summed E-state index contributed by atoms with van der Waals surface area (Å²) in [7, 11) is 0. The predicted molar refractivity (Wildman–Crippen MR) is 204 cm³/mol. The van der Waals surface area contributed by atoms with Crippen LogP contribution in [0, 0.1) is 0 Å². The maximum atomic E-state index is 5.02. The van der Waals surface area contributed by atoms with Gasteiger partial charge in [-0.15, -0.1) is 0 Å². The fraction of sp³-hybridized carbons (Fsp3) is 0. The first kappa shape index (κ1) is 28.3. The van der Waals surface area contributed by atoms with Gasteiger partial charge in [0.1, 0.15) is 0 Å². The second-order valence-corrected chi connectivity index (χ2v) is 12.6. The minimum absolute atomic E-state index is 0.632. The van der Waals surface area contributed by atoms with Gasteiger partial charge < -0.3 is 0 Å². The van der Waals surface area contributed by atoms with Gasteiger partial charge in [-0.05, 0) is 55.8 Å². The lowest BCUT2D eigenvalue weighted by Gasteiger charge is -2.11. The Morgan fingerprint density at radius 1 is 0.300 bits per heavy atom. The first-order valence-corrected chi connectivity index (χ1v) is 16.8. The Kier molecular flexibility index (Phi) is 6.46. The van der Waals surface area contributed by atoms with Crippen molar-refractivity contribution in [2.45, 2.75) is 0 Å². The molecule has 0 atom stereocenters. The highest BCUT2D eigenvalue weighted by Crippen LogP contribution is 2.49. The Labute approximate surface area is 289 Å². The zero-order valence-corrected chi connectivity index (χ0v) is 27.0. The van der Waals surface area contributed by atoms with Gasteiger partial charge >= 0.3 is 0 Å². The summed E-state index contributed by atoms with van der Waals surface area (Å²) in [5.41, 5.74) is 13.6. The summed E-state index contributed by atoms with van der Waals surface area (Å²) in [5, 5.41) is 3.71. The molecule has 0 unspecified atom stereocenters. The third kappa shape index (κ3) is 4.61. The van der Waals surface area contributed by atoms with Crippen molar-refractivity contribution < 1.29 is 0 Å². The third-order valence-electron chi connectivity index (χ3n) is 9.76. The van der Waals surface area contributed by atoms with Crippen molar-refractivity contribution in [2.24, 2.45) is 0 Å². The van der Waals surface area contributed by atoms with Gasteiger partial charge in [0.25, 0.3) is 0 Å². The number of para-hydroxylation sites is 1. The Morgan fingerprint density at radius 3 is 1.46 bits per heavy atom. The van der Waals surface area contributed by atoms with Gasteiger partial charge in [-0.3, -0.25) is 4.98 Å². The quantitative estimate of drug-likeness (QED) is 0.189. The third-order valence-corrected chi connectivity index (χ3v) is 9.76. The molecule has 0 saturated carbocycles. The zero-order valence-electron chi connectivity index (χ0n) is 27.0. The van der Waals surface area contributed by atoms with Gasteiger partial charge in [0.2, 0.25) is 0 Å². The van der Waals surface area contributed by atoms with Gasteiger partial charge in [-0.2, -0.15) is 0 Å². The molecule has 0 saturated heterocycles. The fourth-order valence-electron chi connectivity index (χ4n) is 7.35. The molecule has 0 fully saturated rings. The van der Waals surface area contributed by atoms with E-state index in [2.05, 4.69) is 132 Å². The summed E-state index contributed by atoms with van der Waals surface area (Å²) < 4.78 is 0. The minimum Gasteiger partial charge on any atom is -0.256 e. The molecule has 2 aromatic heterocycles. The number of hydrogen-bond acceptors (Lipinski definition) is 4. The van der Waals surface area contributed by atoms with Crippen molar-refractivity contribution in [3.63, 3.8) is 0 Å². The molecule has 50 heavy (non-hydrogen) atoms. The van der Waals surface area contributed by atoms with Gasteiger partial charge in [-0.25, -0.2) is 15.0 Å². The van der Waals surface area contributed by atoms with Crippen molar-refractivity contribution >= 4 is 21.7 Å². The maximum Gasteiger partial charge on any atom is 0.164 e. The summed E-state index contributed by atoms with van der Waals surface area (Å²) in [6.45, 7) is 0. The first-order chi connectivity index (χ1) is 24.8. The summed E-state index contributed by atoms with van der Waals surface area (Å²) in [4.78, 5) is 19.6. The SMILES string of the molecule is c1ccc(-c2nc(-c3ccc(-c4ccc5c6c(cccc46)-c4ccccc4-5)cc3)nc(-c3ccc(-c4cccc5cccnc45)cc3)n2)cc1. The number of aromatic nitrogens is 4. The van der Waals surface area contributed by atoms with E-state index >= 15 is 0 Å². The molecule has 7 aromatic carbocycles. The van der Waals surface area contributed by atoms with Gasteiger partial charge in [0.15, 0.2) is 17.5 Å². The lowest BCUT2D eigenvalue weighted by molar-refractivity contribution is 1.07. The van der Waals surface area contributed by atoms with Crippen LogP contribution in [0.15, 0.2) is 170 Å². The molecule has 10 rings (SSSR count). The lowest BCUT2D eigenvalue weighted by atomic mass is 9.94. The van der Waals surface area contributed by atoms with E-state index in [1.54, 1.807) is 0 Å². The first-order valence-electron chi connectivity index (χ1n) is 16.8. The van der Waals surface area contributed by atoms with E-state index in [0.717, 1.165) is 44.3 Å². The molecular weight excluding hydrogens is 609 g/mol. The van der Waals surface area contributed by atoms with Crippen LogP contribution in [0.5, 0.6) is 0 Å². The molecule has 0 bridgehead atoms. The standard InChI is InChI=1S/C46H28N4/c1-2-9-32(10-3-1)44-48-45(50-46(49-44)34-24-20-30(21-25-34)36-15-6-11-31-12-8-28-47-43(31)36)33-22-18-29(19-23-33)35-26-27-41-38-14-5-4-13-37(38)40-17-7-16-39(35)42(40)41/h1-28H. The largest absolute Gasteiger partial charge is 0.256 e. The number of benzene rings is 7. The van der Waals surface area contributed by atoms with Gasteiger partial charge in [0, 0.05) is 33.8 Å². The Bertz CT molecular complexity index is 2700. The van der Waals surface area contributed by atoms with Crippen molar-refractivity contribution in [3.8, 4) is 78.7 Å². The van der Waals surface area contributed by atoms with Crippen LogP contribution in [0.2, 0.25) is 0 Å². The molecular formula is C46H28N4. The topological polar surface area (TPSA) is 51.6 Å². The van der Waals surface area contributed by atoms with E-state index in [-0.39, 0.29) is 0 Å². The molecule has 0 radical (unpaired) electrons. The van der Waals surface area contributed by atoms with Crippen LogP contribution < -0.4 is 0 Å². The molecule has 0 N–H and O–H groups in total. The van der Waals surface area contributed by atoms with Crippen LogP contribution in [0.25, 0.3) is 100 Å². The van der Waals surface area contributed by atoms with Crippen molar-refractivity contribution in [3.05, 3.63) is 170 Å². The molecule has 4 nitrogen and oxygen atoms in total. The minimum atomic E-state index is 0.632. The Hall–Kier alpha value is -6.78.